The van der Waals surface area contributed by atoms with Crippen LogP contribution in [0.4, 0.5) is 10.6 Å². The van der Waals surface area contributed by atoms with Crippen molar-refractivity contribution in [1.82, 2.24) is 25.6 Å². The Morgan fingerprint density at radius 3 is 2.41 bits per heavy atom. The standard InChI is InChI=1S/C19H20N4.C3H8N2O/c1-14-10-16(15-6-5-7-20-12-15)11-17-18(14)21-13-22-19(17)23-8-3-2-4-9-23;1-4-3(6)5-2/h5-7,10-13H,2-4,8-9H2,1H3;1-2H3,(H2,4,5,6). The molecule has 2 aromatic heterocycles. The monoisotopic (exact) mass is 392 g/mol. The number of fused-ring (bicyclic) bond motifs is 1. The summed E-state index contributed by atoms with van der Waals surface area (Å²) in [5.74, 6) is 1.07. The minimum Gasteiger partial charge on any atom is -0.356 e. The molecule has 1 aliphatic rings. The third kappa shape index (κ3) is 4.99. The molecule has 0 spiro atoms. The molecule has 7 heteroatoms. The smallest absolute Gasteiger partial charge is 0.314 e. The number of hydrogen-bond donors (Lipinski definition) is 2. The van der Waals surface area contributed by atoms with Crippen molar-refractivity contribution in [1.29, 1.82) is 0 Å². The number of amides is 2. The molecular weight excluding hydrogens is 364 g/mol. The van der Waals surface area contributed by atoms with E-state index in [4.69, 9.17) is 0 Å². The van der Waals surface area contributed by atoms with Crippen LogP contribution in [0.1, 0.15) is 24.8 Å². The normalized spacial score (nSPS) is 13.4. The molecule has 7 nitrogen and oxygen atoms in total. The van der Waals surface area contributed by atoms with Gasteiger partial charge >= 0.3 is 6.03 Å². The predicted octanol–water partition coefficient (Wildman–Crippen LogP) is 3.54. The number of pyridine rings is 1. The van der Waals surface area contributed by atoms with E-state index in [0.717, 1.165) is 35.4 Å². The van der Waals surface area contributed by atoms with E-state index >= 15 is 0 Å². The number of nitrogens with one attached hydrogen (secondary N) is 2. The number of benzene rings is 1. The van der Waals surface area contributed by atoms with Crippen molar-refractivity contribution in [2.75, 3.05) is 32.1 Å². The van der Waals surface area contributed by atoms with E-state index < -0.39 is 0 Å². The van der Waals surface area contributed by atoms with Crippen LogP contribution in [0.2, 0.25) is 0 Å². The summed E-state index contributed by atoms with van der Waals surface area (Å²) in [5.41, 5.74) is 4.54. The molecule has 1 saturated heterocycles. The minimum absolute atomic E-state index is 0.157. The highest BCUT2D eigenvalue weighted by atomic mass is 16.2. The fourth-order valence-corrected chi connectivity index (χ4v) is 3.52. The molecule has 0 aliphatic carbocycles. The zero-order chi connectivity index (χ0) is 20.6. The highest BCUT2D eigenvalue weighted by molar-refractivity contribution is 5.95. The molecule has 152 valence electrons. The largest absolute Gasteiger partial charge is 0.356 e. The van der Waals surface area contributed by atoms with Crippen LogP contribution in [0.15, 0.2) is 43.0 Å². The van der Waals surface area contributed by atoms with Gasteiger partial charge in [-0.3, -0.25) is 4.98 Å². The van der Waals surface area contributed by atoms with Gasteiger partial charge in [0.05, 0.1) is 5.52 Å². The SMILES string of the molecule is CNC(=O)NC.Cc1cc(-c2cccnc2)cc2c(N3CCCCC3)ncnc12. The number of aromatic nitrogens is 3. The van der Waals surface area contributed by atoms with Gasteiger partial charge in [0.1, 0.15) is 12.1 Å². The Balaban J connectivity index is 0.000000353. The molecule has 0 bridgehead atoms. The number of rotatable bonds is 2. The first kappa shape index (κ1) is 20.5. The van der Waals surface area contributed by atoms with Gasteiger partial charge in [-0.15, -0.1) is 0 Å². The molecule has 1 aliphatic heterocycles. The molecule has 2 amide bonds. The highest BCUT2D eigenvalue weighted by Gasteiger charge is 2.17. The van der Waals surface area contributed by atoms with Crippen LogP contribution in [0.25, 0.3) is 22.0 Å². The van der Waals surface area contributed by atoms with Crippen molar-refractivity contribution >= 4 is 22.8 Å². The summed E-state index contributed by atoms with van der Waals surface area (Å²) in [7, 11) is 3.14. The second-order valence-electron chi connectivity index (χ2n) is 7.01. The lowest BCUT2D eigenvalue weighted by Crippen LogP contribution is -2.30. The molecule has 3 aromatic rings. The Morgan fingerprint density at radius 2 is 1.79 bits per heavy atom. The van der Waals surface area contributed by atoms with E-state index in [0.29, 0.717) is 0 Å². The van der Waals surface area contributed by atoms with Crippen LogP contribution in [-0.2, 0) is 0 Å². The average Bonchev–Trinajstić information content (AvgIpc) is 2.79. The number of carbonyl (C=O) groups is 1. The van der Waals surface area contributed by atoms with E-state index in [9.17, 15) is 4.79 Å². The molecule has 3 heterocycles. The average molecular weight is 393 g/mol. The van der Waals surface area contributed by atoms with Crippen molar-refractivity contribution in [3.8, 4) is 11.1 Å². The Kier molecular flexibility index (Phi) is 6.94. The quantitative estimate of drug-likeness (QED) is 0.697. The zero-order valence-electron chi connectivity index (χ0n) is 17.3. The number of anilines is 1. The van der Waals surface area contributed by atoms with Gasteiger partial charge in [0.2, 0.25) is 0 Å². The minimum atomic E-state index is -0.157. The summed E-state index contributed by atoms with van der Waals surface area (Å²) >= 11 is 0. The fourth-order valence-electron chi connectivity index (χ4n) is 3.52. The summed E-state index contributed by atoms with van der Waals surface area (Å²) in [6.45, 7) is 4.29. The molecule has 0 radical (unpaired) electrons. The Morgan fingerprint density at radius 1 is 1.03 bits per heavy atom. The number of nitrogens with zero attached hydrogens (tertiary/aromatic N) is 4. The number of piperidine rings is 1. The Hall–Kier alpha value is -3.22. The van der Waals surface area contributed by atoms with E-state index in [2.05, 4.69) is 55.6 Å². The van der Waals surface area contributed by atoms with E-state index in [-0.39, 0.29) is 6.03 Å². The molecular formula is C22H28N6O. The number of urea groups is 1. The third-order valence-electron chi connectivity index (χ3n) is 5.01. The van der Waals surface area contributed by atoms with Crippen LogP contribution >= 0.6 is 0 Å². The maximum atomic E-state index is 9.96. The van der Waals surface area contributed by atoms with Crippen molar-refractivity contribution in [2.45, 2.75) is 26.2 Å². The van der Waals surface area contributed by atoms with Crippen molar-refractivity contribution < 1.29 is 4.79 Å². The molecule has 0 saturated carbocycles. The summed E-state index contributed by atoms with van der Waals surface area (Å²) in [6, 6.07) is 8.31. The molecule has 29 heavy (non-hydrogen) atoms. The summed E-state index contributed by atoms with van der Waals surface area (Å²) in [4.78, 5) is 25.7. The lowest BCUT2D eigenvalue weighted by atomic mass is 10.0. The van der Waals surface area contributed by atoms with Crippen molar-refractivity contribution in [3.05, 3.63) is 48.5 Å². The third-order valence-corrected chi connectivity index (χ3v) is 5.01. The molecule has 4 rings (SSSR count). The maximum Gasteiger partial charge on any atom is 0.314 e. The van der Waals surface area contributed by atoms with Crippen LogP contribution in [0.5, 0.6) is 0 Å². The van der Waals surface area contributed by atoms with E-state index in [1.54, 1.807) is 26.6 Å². The second kappa shape index (κ2) is 9.82. The van der Waals surface area contributed by atoms with Gasteiger partial charge in [-0.2, -0.15) is 0 Å². The van der Waals surface area contributed by atoms with Gasteiger partial charge in [-0.05, 0) is 55.5 Å². The van der Waals surface area contributed by atoms with Crippen LogP contribution in [0, 0.1) is 6.92 Å². The molecule has 0 atom stereocenters. The lowest BCUT2D eigenvalue weighted by molar-refractivity contribution is 0.245. The number of aryl methyl sites for hydroxylation is 1. The van der Waals surface area contributed by atoms with Crippen molar-refractivity contribution in [2.24, 2.45) is 0 Å². The van der Waals surface area contributed by atoms with E-state index in [1.165, 1.54) is 30.4 Å². The second-order valence-corrected chi connectivity index (χ2v) is 7.01. The summed E-state index contributed by atoms with van der Waals surface area (Å²) in [5, 5.41) is 5.88. The Bertz CT molecular complexity index is 948. The predicted molar refractivity (Wildman–Crippen MR) is 117 cm³/mol. The Labute approximate surface area is 171 Å². The molecule has 0 unspecified atom stereocenters. The molecule has 1 aromatic carbocycles. The van der Waals surface area contributed by atoms with Gasteiger partial charge in [-0.25, -0.2) is 14.8 Å². The van der Waals surface area contributed by atoms with Gasteiger partial charge in [0.25, 0.3) is 0 Å². The van der Waals surface area contributed by atoms with Gasteiger partial charge in [0.15, 0.2) is 0 Å². The molecule has 1 fully saturated rings. The first-order chi connectivity index (χ1) is 14.1. The number of carbonyl (C=O) groups excluding carboxylic acids is 1. The summed E-state index contributed by atoms with van der Waals surface area (Å²) < 4.78 is 0. The lowest BCUT2D eigenvalue weighted by Gasteiger charge is -2.28. The van der Waals surface area contributed by atoms with Crippen LogP contribution < -0.4 is 15.5 Å². The molecule has 2 N–H and O–H groups in total. The first-order valence-electron chi connectivity index (χ1n) is 9.94. The van der Waals surface area contributed by atoms with Gasteiger partial charge in [0, 0.05) is 50.5 Å². The number of hydrogen-bond acceptors (Lipinski definition) is 5. The zero-order valence-corrected chi connectivity index (χ0v) is 17.3. The first-order valence-corrected chi connectivity index (χ1v) is 9.94. The van der Waals surface area contributed by atoms with Crippen LogP contribution in [-0.4, -0.2) is 48.2 Å². The van der Waals surface area contributed by atoms with Crippen LogP contribution in [0.3, 0.4) is 0 Å². The highest BCUT2D eigenvalue weighted by Crippen LogP contribution is 2.31. The van der Waals surface area contributed by atoms with E-state index in [1.807, 2.05) is 12.3 Å². The maximum absolute atomic E-state index is 9.96. The summed E-state index contributed by atoms with van der Waals surface area (Å²) in [6.07, 6.45) is 9.21. The fraction of sp³-hybridized carbons (Fsp3) is 0.364. The van der Waals surface area contributed by atoms with Crippen molar-refractivity contribution in [3.63, 3.8) is 0 Å². The van der Waals surface area contributed by atoms with Gasteiger partial charge < -0.3 is 15.5 Å². The van der Waals surface area contributed by atoms with Gasteiger partial charge in [-0.1, -0.05) is 6.07 Å². The topological polar surface area (TPSA) is 83.0 Å².